The van der Waals surface area contributed by atoms with Gasteiger partial charge in [0.05, 0.1) is 0 Å². The molecule has 0 bridgehead atoms. The summed E-state index contributed by atoms with van der Waals surface area (Å²) in [5.74, 6) is 0. The van der Waals surface area contributed by atoms with Gasteiger partial charge in [-0.1, -0.05) is 0 Å². The van der Waals surface area contributed by atoms with Crippen LogP contribution in [0.25, 0.3) is 0 Å². The van der Waals surface area contributed by atoms with Crippen LogP contribution in [0.3, 0.4) is 0 Å². The summed E-state index contributed by atoms with van der Waals surface area (Å²) in [5, 5.41) is -0.0258. The van der Waals surface area contributed by atoms with E-state index in [-0.39, 0.29) is 10.2 Å². The van der Waals surface area contributed by atoms with E-state index in [0.29, 0.717) is 0 Å². The quantitative estimate of drug-likeness (QED) is 0.537. The topological polar surface area (TPSA) is 0 Å². The van der Waals surface area contributed by atoms with E-state index >= 15 is 0 Å². The van der Waals surface area contributed by atoms with E-state index in [9.17, 15) is 8.78 Å². The molecule has 0 heterocycles. The van der Waals surface area contributed by atoms with Gasteiger partial charge in [-0.15, -0.1) is 0 Å². The van der Waals surface area contributed by atoms with E-state index in [1.807, 2.05) is 0 Å². The molecule has 0 aliphatic heterocycles. The van der Waals surface area contributed by atoms with Crippen LogP contribution in [0.15, 0.2) is 0 Å². The second-order valence-corrected chi connectivity index (χ2v) is 8.48. The maximum atomic E-state index is 12.6. The Bertz CT molecular complexity index is 151. The van der Waals surface area contributed by atoms with Gasteiger partial charge in [-0.3, -0.25) is 0 Å². The monoisotopic (exact) mass is 326 g/mol. The molecule has 0 aromatic rings. The first kappa shape index (κ1) is 11.2. The van der Waals surface area contributed by atoms with E-state index < -0.39 is 18.7 Å². The zero-order valence-electron chi connectivity index (χ0n) is 6.40. The molecule has 72 valence electrons. The molecular weight excluding hydrogens is 316 g/mol. The molecule has 0 unspecified atom stereocenters. The molecule has 2 atom stereocenters. The molecule has 0 saturated heterocycles. The second-order valence-electron chi connectivity index (χ2n) is 2.90. The SMILES string of the molecule is FC(F)(Br)[Se][C@@H]1CCCC[C@H]1Cl. The zero-order valence-corrected chi connectivity index (χ0v) is 10.5. The molecule has 0 N–H and O–H groups in total. The van der Waals surface area contributed by atoms with Crippen molar-refractivity contribution in [3.05, 3.63) is 0 Å². The van der Waals surface area contributed by atoms with Gasteiger partial charge in [-0.25, -0.2) is 0 Å². The van der Waals surface area contributed by atoms with Gasteiger partial charge in [0.2, 0.25) is 0 Å². The van der Waals surface area contributed by atoms with Crippen LogP contribution in [0.2, 0.25) is 4.82 Å². The number of halogens is 4. The molecule has 12 heavy (non-hydrogen) atoms. The molecule has 0 aromatic carbocycles. The van der Waals surface area contributed by atoms with Crippen LogP contribution in [0.4, 0.5) is 8.78 Å². The number of hydrogen-bond acceptors (Lipinski definition) is 0. The Balaban J connectivity index is 2.39. The van der Waals surface area contributed by atoms with E-state index in [2.05, 4.69) is 15.9 Å². The molecule has 1 aliphatic rings. The summed E-state index contributed by atoms with van der Waals surface area (Å²) in [5.41, 5.74) is 0. The fourth-order valence-corrected chi connectivity index (χ4v) is 5.06. The molecular formula is C7H10BrClF2Se. The molecule has 0 spiro atoms. The first-order valence-electron chi connectivity index (χ1n) is 3.87. The third-order valence-electron chi connectivity index (χ3n) is 1.91. The third kappa shape index (κ3) is 3.91. The van der Waals surface area contributed by atoms with Gasteiger partial charge in [0.25, 0.3) is 0 Å². The minimum atomic E-state index is -2.67. The van der Waals surface area contributed by atoms with Crippen molar-refractivity contribution >= 4 is 42.5 Å². The van der Waals surface area contributed by atoms with E-state index in [0.717, 1.165) is 25.7 Å². The molecule has 0 aromatic heterocycles. The van der Waals surface area contributed by atoms with Crippen LogP contribution in [0.5, 0.6) is 0 Å². The molecule has 5 heteroatoms. The van der Waals surface area contributed by atoms with Crippen LogP contribution in [0.1, 0.15) is 25.7 Å². The molecule has 0 radical (unpaired) electrons. The summed E-state index contributed by atoms with van der Waals surface area (Å²) in [6.07, 6.45) is 3.92. The van der Waals surface area contributed by atoms with Crippen molar-refractivity contribution in [2.24, 2.45) is 0 Å². The molecule has 0 amide bonds. The Morgan fingerprint density at radius 3 is 2.42 bits per heavy atom. The summed E-state index contributed by atoms with van der Waals surface area (Å²) >= 11 is 7.63. The minimum absolute atomic E-state index is 0.0258. The summed E-state index contributed by atoms with van der Waals surface area (Å²) < 4.78 is 22.5. The van der Waals surface area contributed by atoms with Crippen LogP contribution >= 0.6 is 27.5 Å². The van der Waals surface area contributed by atoms with Gasteiger partial charge in [-0.05, 0) is 0 Å². The van der Waals surface area contributed by atoms with E-state index in [4.69, 9.17) is 11.6 Å². The van der Waals surface area contributed by atoms with Crippen LogP contribution in [-0.2, 0) is 0 Å². The van der Waals surface area contributed by atoms with Crippen molar-refractivity contribution in [1.29, 1.82) is 0 Å². The Morgan fingerprint density at radius 1 is 1.33 bits per heavy atom. The van der Waals surface area contributed by atoms with Crippen molar-refractivity contribution in [3.8, 4) is 0 Å². The number of alkyl halides is 4. The predicted octanol–water partition coefficient (Wildman–Crippen LogP) is 3.61. The van der Waals surface area contributed by atoms with Crippen LogP contribution < -0.4 is 0 Å². The first-order chi connectivity index (χ1) is 5.49. The van der Waals surface area contributed by atoms with Crippen molar-refractivity contribution in [2.45, 2.75) is 39.6 Å². The van der Waals surface area contributed by atoms with Crippen molar-refractivity contribution in [3.63, 3.8) is 0 Å². The van der Waals surface area contributed by atoms with Gasteiger partial charge in [0.15, 0.2) is 0 Å². The predicted molar refractivity (Wildman–Crippen MR) is 51.5 cm³/mol. The summed E-state index contributed by atoms with van der Waals surface area (Å²) in [7, 11) is 0. The Hall–Kier alpha value is 1.15. The molecule has 1 rings (SSSR count). The Labute approximate surface area is 90.7 Å². The van der Waals surface area contributed by atoms with Crippen molar-refractivity contribution in [2.75, 3.05) is 0 Å². The van der Waals surface area contributed by atoms with E-state index in [1.54, 1.807) is 0 Å². The summed E-state index contributed by atoms with van der Waals surface area (Å²) in [6, 6.07) is 0. The maximum absolute atomic E-state index is 12.6. The zero-order chi connectivity index (χ0) is 9.19. The van der Waals surface area contributed by atoms with Gasteiger partial charge in [0.1, 0.15) is 0 Å². The van der Waals surface area contributed by atoms with Gasteiger partial charge in [-0.2, -0.15) is 0 Å². The second kappa shape index (κ2) is 4.58. The molecule has 1 aliphatic carbocycles. The Morgan fingerprint density at radius 2 is 1.92 bits per heavy atom. The number of rotatable bonds is 2. The fourth-order valence-electron chi connectivity index (χ4n) is 1.36. The fraction of sp³-hybridized carbons (Fsp3) is 1.00. The molecule has 1 fully saturated rings. The average Bonchev–Trinajstić information content (AvgIpc) is 1.91. The van der Waals surface area contributed by atoms with Gasteiger partial charge in [0, 0.05) is 0 Å². The molecule has 1 saturated carbocycles. The molecule has 0 nitrogen and oxygen atoms in total. The summed E-state index contributed by atoms with van der Waals surface area (Å²) in [4.78, 5) is 0.0438. The Kier molecular flexibility index (Phi) is 4.29. The van der Waals surface area contributed by atoms with Gasteiger partial charge >= 0.3 is 90.9 Å². The van der Waals surface area contributed by atoms with Crippen molar-refractivity contribution in [1.82, 2.24) is 0 Å². The number of hydrogen-bond donors (Lipinski definition) is 0. The standard InChI is InChI=1S/C7H10BrClF2Se/c8-7(10,11)12-6-4-2-1-3-5(6)9/h5-6H,1-4H2/t5-,6-/m1/s1. The van der Waals surface area contributed by atoms with Gasteiger partial charge < -0.3 is 0 Å². The first-order valence-corrected chi connectivity index (χ1v) is 6.95. The average molecular weight is 326 g/mol. The third-order valence-corrected chi connectivity index (χ3v) is 6.12. The van der Waals surface area contributed by atoms with Crippen LogP contribution in [-0.4, -0.2) is 24.1 Å². The normalized spacial score (nSPS) is 32.0. The summed E-state index contributed by atoms with van der Waals surface area (Å²) in [6.45, 7) is 0. The van der Waals surface area contributed by atoms with Crippen molar-refractivity contribution < 1.29 is 8.78 Å². The van der Waals surface area contributed by atoms with E-state index in [1.165, 1.54) is 0 Å². The van der Waals surface area contributed by atoms with Crippen LogP contribution in [0, 0.1) is 0 Å².